The number of aromatic nitrogens is 3. The lowest BCUT2D eigenvalue weighted by atomic mass is 10.1. The van der Waals surface area contributed by atoms with Crippen molar-refractivity contribution in [3.8, 4) is 68.0 Å². The van der Waals surface area contributed by atoms with Crippen LogP contribution in [0.4, 0.5) is 0 Å². The number of unbranched alkanes of at least 4 members (excludes halogenated alkanes) is 18. The van der Waals surface area contributed by atoms with Gasteiger partial charge in [-0.1, -0.05) is 172 Å². The SMILES string of the molecule is CCCCCCCCCCCCOc1ccc(C(=O)Oc2ccc(-c3ccc(-c4cccc(-c5ccc(-c6ccc(OC(=O)c7ccc(OCCCCCCCCCCCC)cc7)cc6)cn5)n4)nc3)cc2)cc1. The van der Waals surface area contributed by atoms with Gasteiger partial charge in [0.05, 0.1) is 47.1 Å². The van der Waals surface area contributed by atoms with Gasteiger partial charge in [0.25, 0.3) is 0 Å². The van der Waals surface area contributed by atoms with Crippen molar-refractivity contribution in [1.82, 2.24) is 15.0 Å². The van der Waals surface area contributed by atoms with E-state index >= 15 is 0 Å². The number of ether oxygens (including phenoxy) is 4. The molecular formula is C65H75N3O6. The molecule has 0 saturated heterocycles. The molecular weight excluding hydrogens is 919 g/mol. The van der Waals surface area contributed by atoms with Gasteiger partial charge in [0.1, 0.15) is 23.0 Å². The van der Waals surface area contributed by atoms with E-state index in [1.807, 2.05) is 103 Å². The number of pyridine rings is 3. The van der Waals surface area contributed by atoms with E-state index in [2.05, 4.69) is 13.8 Å². The average Bonchev–Trinajstić information content (AvgIpc) is 3.44. The number of esters is 2. The highest BCUT2D eigenvalue weighted by molar-refractivity contribution is 5.92. The first-order chi connectivity index (χ1) is 36.4. The van der Waals surface area contributed by atoms with Crippen molar-refractivity contribution in [3.63, 3.8) is 0 Å². The van der Waals surface area contributed by atoms with E-state index in [1.165, 1.54) is 116 Å². The van der Waals surface area contributed by atoms with E-state index in [0.717, 1.165) is 69.4 Å². The second kappa shape index (κ2) is 30.8. The molecule has 0 N–H and O–H groups in total. The van der Waals surface area contributed by atoms with Crippen LogP contribution in [0.15, 0.2) is 152 Å². The molecule has 0 unspecified atom stereocenters. The Kier molecular flexibility index (Phi) is 22.7. The van der Waals surface area contributed by atoms with E-state index in [4.69, 9.17) is 33.9 Å². The third-order valence-corrected chi connectivity index (χ3v) is 13.3. The lowest BCUT2D eigenvalue weighted by molar-refractivity contribution is 0.0725. The molecule has 9 nitrogen and oxygen atoms in total. The zero-order chi connectivity index (χ0) is 51.4. The van der Waals surface area contributed by atoms with E-state index < -0.39 is 11.9 Å². The summed E-state index contributed by atoms with van der Waals surface area (Å²) in [6.07, 6.45) is 29.4. The van der Waals surface area contributed by atoms with Crippen LogP contribution in [0.3, 0.4) is 0 Å². The Morgan fingerprint density at radius 2 is 0.662 bits per heavy atom. The second-order valence-electron chi connectivity index (χ2n) is 19.2. The number of hydrogen-bond acceptors (Lipinski definition) is 9. The maximum Gasteiger partial charge on any atom is 0.343 e. The third kappa shape index (κ3) is 18.1. The van der Waals surface area contributed by atoms with Gasteiger partial charge >= 0.3 is 11.9 Å². The van der Waals surface area contributed by atoms with Crippen LogP contribution < -0.4 is 18.9 Å². The minimum atomic E-state index is -0.421. The first-order valence-electron chi connectivity index (χ1n) is 27.5. The van der Waals surface area contributed by atoms with Gasteiger partial charge in [-0.15, -0.1) is 0 Å². The monoisotopic (exact) mass is 994 g/mol. The van der Waals surface area contributed by atoms with Gasteiger partial charge in [-0.3, -0.25) is 9.97 Å². The van der Waals surface area contributed by atoms with E-state index in [1.54, 1.807) is 48.5 Å². The molecule has 0 bridgehead atoms. The molecule has 0 saturated carbocycles. The topological polar surface area (TPSA) is 110 Å². The summed E-state index contributed by atoms with van der Waals surface area (Å²) in [5.74, 6) is 1.59. The minimum Gasteiger partial charge on any atom is -0.494 e. The van der Waals surface area contributed by atoms with Gasteiger partial charge in [-0.05, 0) is 121 Å². The standard InChI is InChI=1S/C65H75N3O6/c1-3-5-7-9-11-13-15-17-19-21-46-71-56-36-30-52(31-37-56)64(69)73-58-40-26-50(27-41-58)54-34-44-60(66-48-54)62-24-23-25-63(68-62)61-45-35-55(49-67-61)51-28-42-59(43-29-51)74-65(70)53-32-38-57(39-33-53)72-47-22-20-18-16-14-12-10-8-6-4-2/h23-45,48-49H,3-22,46-47H2,1-2H3. The highest BCUT2D eigenvalue weighted by Gasteiger charge is 2.13. The molecule has 4 aromatic carbocycles. The zero-order valence-electron chi connectivity index (χ0n) is 43.8. The van der Waals surface area contributed by atoms with Crippen LogP contribution >= 0.6 is 0 Å². The van der Waals surface area contributed by atoms with E-state index in [0.29, 0.717) is 35.8 Å². The van der Waals surface area contributed by atoms with Gasteiger partial charge in [0, 0.05) is 23.5 Å². The van der Waals surface area contributed by atoms with Crippen molar-refractivity contribution in [3.05, 3.63) is 163 Å². The van der Waals surface area contributed by atoms with Crippen LogP contribution in [0, 0.1) is 0 Å². The Hall–Kier alpha value is -7.13. The lowest BCUT2D eigenvalue weighted by Crippen LogP contribution is -2.08. The number of hydrogen-bond donors (Lipinski definition) is 0. The normalized spacial score (nSPS) is 11.1. The molecule has 7 rings (SSSR count). The summed E-state index contributed by atoms with van der Waals surface area (Å²) in [5.41, 5.74) is 7.57. The molecule has 0 aliphatic heterocycles. The van der Waals surface area contributed by atoms with Crippen molar-refractivity contribution < 1.29 is 28.5 Å². The number of carbonyl (C=O) groups excluding carboxylic acids is 2. The smallest absolute Gasteiger partial charge is 0.343 e. The molecule has 0 atom stereocenters. The Labute approximate surface area is 440 Å². The third-order valence-electron chi connectivity index (χ3n) is 13.3. The predicted octanol–water partition coefficient (Wildman–Crippen LogP) is 17.6. The summed E-state index contributed by atoms with van der Waals surface area (Å²) < 4.78 is 23.2. The minimum absolute atomic E-state index is 0.421. The van der Waals surface area contributed by atoms with Crippen LogP contribution in [0.2, 0.25) is 0 Å². The molecule has 0 aliphatic rings. The van der Waals surface area contributed by atoms with Crippen LogP contribution in [0.25, 0.3) is 45.0 Å². The van der Waals surface area contributed by atoms with Gasteiger partial charge in [-0.25, -0.2) is 14.6 Å². The van der Waals surface area contributed by atoms with Crippen LogP contribution in [-0.4, -0.2) is 40.1 Å². The van der Waals surface area contributed by atoms with Gasteiger partial charge in [0.2, 0.25) is 0 Å². The van der Waals surface area contributed by atoms with E-state index in [-0.39, 0.29) is 0 Å². The van der Waals surface area contributed by atoms with Gasteiger partial charge in [0.15, 0.2) is 0 Å². The highest BCUT2D eigenvalue weighted by atomic mass is 16.5. The summed E-state index contributed by atoms with van der Waals surface area (Å²) in [6, 6.07) is 42.8. The van der Waals surface area contributed by atoms with Crippen molar-refractivity contribution in [2.24, 2.45) is 0 Å². The molecule has 3 heterocycles. The largest absolute Gasteiger partial charge is 0.494 e. The number of carbonyl (C=O) groups is 2. The fraction of sp³-hybridized carbons (Fsp3) is 0.369. The molecule has 0 amide bonds. The first kappa shape index (κ1) is 54.6. The summed E-state index contributed by atoms with van der Waals surface area (Å²) in [5, 5.41) is 0. The van der Waals surface area contributed by atoms with Crippen molar-refractivity contribution in [1.29, 1.82) is 0 Å². The zero-order valence-corrected chi connectivity index (χ0v) is 43.8. The lowest BCUT2D eigenvalue weighted by Gasteiger charge is -2.09. The molecule has 9 heteroatoms. The summed E-state index contributed by atoms with van der Waals surface area (Å²) in [6.45, 7) is 5.88. The van der Waals surface area contributed by atoms with Crippen molar-refractivity contribution in [2.75, 3.05) is 13.2 Å². The molecule has 7 aromatic rings. The highest BCUT2D eigenvalue weighted by Crippen LogP contribution is 2.28. The fourth-order valence-corrected chi connectivity index (χ4v) is 8.85. The first-order valence-corrected chi connectivity index (χ1v) is 27.5. The van der Waals surface area contributed by atoms with Crippen molar-refractivity contribution in [2.45, 2.75) is 142 Å². The summed E-state index contributed by atoms with van der Waals surface area (Å²) in [7, 11) is 0. The molecule has 0 spiro atoms. The molecule has 3 aromatic heterocycles. The Morgan fingerprint density at radius 3 is 1.00 bits per heavy atom. The molecule has 74 heavy (non-hydrogen) atoms. The quantitative estimate of drug-likeness (QED) is 0.0231. The second-order valence-corrected chi connectivity index (χ2v) is 19.2. The van der Waals surface area contributed by atoms with Crippen LogP contribution in [0.5, 0.6) is 23.0 Å². The Morgan fingerprint density at radius 1 is 0.338 bits per heavy atom. The number of nitrogens with zero attached hydrogens (tertiary/aromatic N) is 3. The van der Waals surface area contributed by atoms with Gasteiger partial charge < -0.3 is 18.9 Å². The molecule has 0 radical (unpaired) electrons. The summed E-state index contributed by atoms with van der Waals surface area (Å²) in [4.78, 5) is 40.2. The van der Waals surface area contributed by atoms with Crippen molar-refractivity contribution >= 4 is 11.9 Å². The maximum absolute atomic E-state index is 12.9. The van der Waals surface area contributed by atoms with Crippen LogP contribution in [-0.2, 0) is 0 Å². The Balaban J connectivity index is 0.816. The van der Waals surface area contributed by atoms with Crippen LogP contribution in [0.1, 0.15) is 163 Å². The fourth-order valence-electron chi connectivity index (χ4n) is 8.85. The average molecular weight is 994 g/mol. The van der Waals surface area contributed by atoms with E-state index in [9.17, 15) is 9.59 Å². The number of benzene rings is 4. The Bertz CT molecular complexity index is 2520. The predicted molar refractivity (Wildman–Crippen MR) is 299 cm³/mol. The molecule has 0 aliphatic carbocycles. The maximum atomic E-state index is 12.9. The molecule has 0 fully saturated rings. The number of rotatable bonds is 32. The van der Waals surface area contributed by atoms with Gasteiger partial charge in [-0.2, -0.15) is 0 Å². The summed E-state index contributed by atoms with van der Waals surface area (Å²) >= 11 is 0. The molecule has 386 valence electrons.